The van der Waals surface area contributed by atoms with E-state index in [9.17, 15) is 9.59 Å². The van der Waals surface area contributed by atoms with E-state index in [1.165, 1.54) is 0 Å². The van der Waals surface area contributed by atoms with Gasteiger partial charge >= 0.3 is 6.03 Å². The Morgan fingerprint density at radius 2 is 2.19 bits per heavy atom. The van der Waals surface area contributed by atoms with Gasteiger partial charge in [-0.2, -0.15) is 0 Å². The van der Waals surface area contributed by atoms with Gasteiger partial charge in [0.2, 0.25) is 0 Å². The fourth-order valence-corrected chi connectivity index (χ4v) is 2.62. The van der Waals surface area contributed by atoms with E-state index in [1.807, 2.05) is 17.9 Å². The minimum absolute atomic E-state index is 0.00882. The Labute approximate surface area is 124 Å². The van der Waals surface area contributed by atoms with Gasteiger partial charge < -0.3 is 21.7 Å². The number of nitrogens with two attached hydrogens (primary N) is 2. The lowest BCUT2D eigenvalue weighted by Crippen LogP contribution is -2.44. The second-order valence-corrected chi connectivity index (χ2v) is 5.58. The Kier molecular flexibility index (Phi) is 4.67. The molecule has 6 heteroatoms. The number of urea groups is 1. The molecule has 3 amide bonds. The van der Waals surface area contributed by atoms with Gasteiger partial charge in [0.25, 0.3) is 5.91 Å². The van der Waals surface area contributed by atoms with Gasteiger partial charge in [-0.1, -0.05) is 6.07 Å². The van der Waals surface area contributed by atoms with Crippen molar-refractivity contribution in [1.82, 2.24) is 10.2 Å². The number of nitrogen functional groups attached to an aromatic ring is 1. The van der Waals surface area contributed by atoms with Crippen molar-refractivity contribution in [2.45, 2.75) is 19.8 Å². The SMILES string of the molecule is Cc1ccc(C(=O)N2CCCC(CNC(N)=O)C2)cc1N. The lowest BCUT2D eigenvalue weighted by atomic mass is 9.97. The second-order valence-electron chi connectivity index (χ2n) is 5.58. The molecule has 1 aliphatic rings. The predicted molar refractivity (Wildman–Crippen MR) is 81.8 cm³/mol. The average Bonchev–Trinajstić information content (AvgIpc) is 2.47. The van der Waals surface area contributed by atoms with Gasteiger partial charge in [-0.15, -0.1) is 0 Å². The van der Waals surface area contributed by atoms with Gasteiger partial charge in [0.1, 0.15) is 0 Å². The molecule has 5 N–H and O–H groups in total. The molecular weight excluding hydrogens is 268 g/mol. The highest BCUT2D eigenvalue weighted by Crippen LogP contribution is 2.20. The molecule has 1 fully saturated rings. The second kappa shape index (κ2) is 6.47. The first-order valence-electron chi connectivity index (χ1n) is 7.16. The number of benzene rings is 1. The number of aryl methyl sites for hydroxylation is 1. The lowest BCUT2D eigenvalue weighted by Gasteiger charge is -2.33. The summed E-state index contributed by atoms with van der Waals surface area (Å²) in [4.78, 5) is 25.1. The van der Waals surface area contributed by atoms with Gasteiger partial charge in [-0.3, -0.25) is 4.79 Å². The van der Waals surface area contributed by atoms with Crippen LogP contribution >= 0.6 is 0 Å². The molecule has 1 atom stereocenters. The number of anilines is 1. The molecule has 0 aromatic heterocycles. The number of hydrogen-bond donors (Lipinski definition) is 3. The molecule has 1 heterocycles. The van der Waals surface area contributed by atoms with Crippen LogP contribution in [0.3, 0.4) is 0 Å². The van der Waals surface area contributed by atoms with Gasteiger partial charge in [-0.05, 0) is 43.4 Å². The fraction of sp³-hybridized carbons (Fsp3) is 0.467. The monoisotopic (exact) mass is 290 g/mol. The number of hydrogen-bond acceptors (Lipinski definition) is 3. The molecule has 0 spiro atoms. The van der Waals surface area contributed by atoms with E-state index < -0.39 is 6.03 Å². The van der Waals surface area contributed by atoms with Crippen LogP contribution in [0.2, 0.25) is 0 Å². The summed E-state index contributed by atoms with van der Waals surface area (Å²) in [5, 5.41) is 2.61. The number of nitrogens with one attached hydrogen (secondary N) is 1. The van der Waals surface area contributed by atoms with Crippen LogP contribution in [0.25, 0.3) is 0 Å². The number of carbonyl (C=O) groups is 2. The number of nitrogens with zero attached hydrogens (tertiary/aromatic N) is 1. The van der Waals surface area contributed by atoms with E-state index in [1.54, 1.807) is 12.1 Å². The third kappa shape index (κ3) is 3.87. The molecule has 1 aromatic carbocycles. The van der Waals surface area contributed by atoms with Crippen LogP contribution in [0.5, 0.6) is 0 Å². The summed E-state index contributed by atoms with van der Waals surface area (Å²) < 4.78 is 0. The number of rotatable bonds is 3. The summed E-state index contributed by atoms with van der Waals surface area (Å²) in [6.45, 7) is 3.79. The van der Waals surface area contributed by atoms with Crippen molar-refractivity contribution >= 4 is 17.6 Å². The number of primary amides is 1. The molecule has 0 bridgehead atoms. The quantitative estimate of drug-likeness (QED) is 0.726. The Bertz CT molecular complexity index is 544. The maximum Gasteiger partial charge on any atom is 0.312 e. The van der Waals surface area contributed by atoms with Crippen molar-refractivity contribution in [2.75, 3.05) is 25.4 Å². The molecule has 6 nitrogen and oxygen atoms in total. The Morgan fingerprint density at radius 1 is 1.43 bits per heavy atom. The van der Waals surface area contributed by atoms with Crippen molar-refractivity contribution in [3.8, 4) is 0 Å². The van der Waals surface area contributed by atoms with E-state index >= 15 is 0 Å². The minimum atomic E-state index is -0.523. The Hall–Kier alpha value is -2.24. The molecule has 0 radical (unpaired) electrons. The Balaban J connectivity index is 2.01. The van der Waals surface area contributed by atoms with Crippen LogP contribution in [-0.2, 0) is 0 Å². The zero-order valence-electron chi connectivity index (χ0n) is 12.3. The van der Waals surface area contributed by atoms with Crippen LogP contribution in [0, 0.1) is 12.8 Å². The molecule has 1 unspecified atom stereocenters. The molecule has 1 aliphatic heterocycles. The zero-order valence-corrected chi connectivity index (χ0v) is 12.3. The number of amides is 3. The highest BCUT2D eigenvalue weighted by molar-refractivity contribution is 5.95. The number of carbonyl (C=O) groups excluding carboxylic acids is 2. The average molecular weight is 290 g/mol. The summed E-state index contributed by atoms with van der Waals surface area (Å²) in [7, 11) is 0. The molecular formula is C15H22N4O2. The standard InChI is InChI=1S/C15H22N4O2/c1-10-4-5-12(7-13(10)16)14(20)19-6-2-3-11(9-19)8-18-15(17)21/h4-5,7,11H,2-3,6,8-9,16H2,1H3,(H3,17,18,21). The van der Waals surface area contributed by atoms with Crippen molar-refractivity contribution in [3.63, 3.8) is 0 Å². The topological polar surface area (TPSA) is 101 Å². The summed E-state index contributed by atoms with van der Waals surface area (Å²) >= 11 is 0. The summed E-state index contributed by atoms with van der Waals surface area (Å²) in [5.74, 6) is 0.239. The highest BCUT2D eigenvalue weighted by Gasteiger charge is 2.24. The number of likely N-dealkylation sites (tertiary alicyclic amines) is 1. The molecule has 1 aromatic rings. The molecule has 21 heavy (non-hydrogen) atoms. The maximum atomic E-state index is 12.5. The first-order chi connectivity index (χ1) is 9.97. The van der Waals surface area contributed by atoms with Crippen LogP contribution < -0.4 is 16.8 Å². The van der Waals surface area contributed by atoms with Crippen LogP contribution in [0.4, 0.5) is 10.5 Å². The Morgan fingerprint density at radius 3 is 2.86 bits per heavy atom. The van der Waals surface area contributed by atoms with Gasteiger partial charge in [0.05, 0.1) is 0 Å². The first-order valence-corrected chi connectivity index (χ1v) is 7.16. The van der Waals surface area contributed by atoms with Gasteiger partial charge in [-0.25, -0.2) is 4.79 Å². The van der Waals surface area contributed by atoms with Crippen molar-refractivity contribution in [2.24, 2.45) is 11.7 Å². The lowest BCUT2D eigenvalue weighted by molar-refractivity contribution is 0.0675. The van der Waals surface area contributed by atoms with E-state index in [2.05, 4.69) is 5.32 Å². The van der Waals surface area contributed by atoms with E-state index in [4.69, 9.17) is 11.5 Å². The van der Waals surface area contributed by atoms with Crippen molar-refractivity contribution in [3.05, 3.63) is 29.3 Å². The largest absolute Gasteiger partial charge is 0.398 e. The molecule has 1 saturated heterocycles. The van der Waals surface area contributed by atoms with Gasteiger partial charge in [0.15, 0.2) is 0 Å². The van der Waals surface area contributed by atoms with Crippen LogP contribution in [0.15, 0.2) is 18.2 Å². The highest BCUT2D eigenvalue weighted by atomic mass is 16.2. The smallest absolute Gasteiger partial charge is 0.312 e. The number of piperidine rings is 1. The van der Waals surface area contributed by atoms with Crippen molar-refractivity contribution < 1.29 is 9.59 Å². The fourth-order valence-electron chi connectivity index (χ4n) is 2.62. The third-order valence-corrected chi connectivity index (χ3v) is 3.90. The maximum absolute atomic E-state index is 12.5. The zero-order chi connectivity index (χ0) is 15.4. The van der Waals surface area contributed by atoms with E-state index in [0.29, 0.717) is 24.3 Å². The molecule has 114 valence electrons. The van der Waals surface area contributed by atoms with E-state index in [-0.39, 0.29) is 11.8 Å². The minimum Gasteiger partial charge on any atom is -0.398 e. The van der Waals surface area contributed by atoms with Crippen LogP contribution in [0.1, 0.15) is 28.8 Å². The summed E-state index contributed by atoms with van der Waals surface area (Å²) in [6, 6.07) is 4.87. The molecule has 0 saturated carbocycles. The molecule has 0 aliphatic carbocycles. The normalized spacial score (nSPS) is 18.3. The van der Waals surface area contributed by atoms with Gasteiger partial charge in [0, 0.05) is 30.9 Å². The summed E-state index contributed by atoms with van der Waals surface area (Å²) in [6.07, 6.45) is 1.91. The first kappa shape index (κ1) is 15.2. The van der Waals surface area contributed by atoms with Crippen LogP contribution in [-0.4, -0.2) is 36.5 Å². The third-order valence-electron chi connectivity index (χ3n) is 3.90. The molecule has 2 rings (SSSR count). The summed E-state index contributed by atoms with van der Waals surface area (Å²) in [5.41, 5.74) is 13.2. The van der Waals surface area contributed by atoms with E-state index in [0.717, 1.165) is 24.9 Å². The predicted octanol–water partition coefficient (Wildman–Crippen LogP) is 1.10. The van der Waals surface area contributed by atoms with Crippen molar-refractivity contribution in [1.29, 1.82) is 0 Å².